The van der Waals surface area contributed by atoms with Crippen molar-refractivity contribution in [2.75, 3.05) is 13.2 Å². The third-order valence-electron chi connectivity index (χ3n) is 6.60. The van der Waals surface area contributed by atoms with Crippen LogP contribution in [0.3, 0.4) is 0 Å². The molecule has 1 aromatic carbocycles. The number of benzene rings is 1. The lowest BCUT2D eigenvalue weighted by Crippen LogP contribution is -2.48. The summed E-state index contributed by atoms with van der Waals surface area (Å²) >= 11 is 0. The minimum atomic E-state index is -0.667. The third-order valence-corrected chi connectivity index (χ3v) is 6.60. The highest BCUT2D eigenvalue weighted by Gasteiger charge is 2.45. The molecule has 7 nitrogen and oxygen atoms in total. The van der Waals surface area contributed by atoms with Gasteiger partial charge >= 0.3 is 11.9 Å². The largest absolute Gasteiger partial charge is 0.461 e. The molecule has 0 aromatic heterocycles. The summed E-state index contributed by atoms with van der Waals surface area (Å²) in [6.45, 7) is 11.8. The number of hydrogen-bond donors (Lipinski definition) is 1. The summed E-state index contributed by atoms with van der Waals surface area (Å²) < 4.78 is 16.7. The molecule has 1 fully saturated rings. The van der Waals surface area contributed by atoms with Crippen molar-refractivity contribution in [2.45, 2.75) is 97.3 Å². The summed E-state index contributed by atoms with van der Waals surface area (Å²) in [4.78, 5) is 39.1. The van der Waals surface area contributed by atoms with Gasteiger partial charge in [-0.15, -0.1) is 0 Å². The van der Waals surface area contributed by atoms with Crippen LogP contribution in [0.4, 0.5) is 0 Å². The van der Waals surface area contributed by atoms with E-state index < -0.39 is 23.0 Å². The van der Waals surface area contributed by atoms with Gasteiger partial charge in [-0.05, 0) is 52.0 Å². The number of ether oxygens (including phenoxy) is 3. The van der Waals surface area contributed by atoms with E-state index in [1.807, 2.05) is 58.0 Å². The number of hydrogen-bond acceptors (Lipinski definition) is 6. The van der Waals surface area contributed by atoms with Crippen LogP contribution in [0.1, 0.15) is 84.6 Å². The van der Waals surface area contributed by atoms with Crippen molar-refractivity contribution >= 4 is 17.8 Å². The molecule has 0 saturated heterocycles. The molecule has 0 spiro atoms. The van der Waals surface area contributed by atoms with E-state index in [1.165, 1.54) is 6.08 Å². The maximum Gasteiger partial charge on any atom is 0.309 e. The molecule has 1 aromatic rings. The van der Waals surface area contributed by atoms with Crippen molar-refractivity contribution in [1.82, 2.24) is 5.32 Å². The second-order valence-corrected chi connectivity index (χ2v) is 11.1. The molecule has 2 unspecified atom stereocenters. The van der Waals surface area contributed by atoms with Gasteiger partial charge in [0.2, 0.25) is 5.91 Å². The quantitative estimate of drug-likeness (QED) is 0.244. The predicted octanol–water partition coefficient (Wildman–Crippen LogP) is 5.52. The van der Waals surface area contributed by atoms with E-state index in [9.17, 15) is 14.4 Å². The molecule has 37 heavy (non-hydrogen) atoms. The van der Waals surface area contributed by atoms with Crippen LogP contribution in [0.25, 0.3) is 0 Å². The molecule has 0 radical (unpaired) electrons. The van der Waals surface area contributed by atoms with Gasteiger partial charge in [0, 0.05) is 0 Å². The fraction of sp³-hybridized carbons (Fsp3) is 0.633. The summed E-state index contributed by atoms with van der Waals surface area (Å²) in [6.07, 6.45) is 6.72. The lowest BCUT2D eigenvalue weighted by Gasteiger charge is -2.34. The second kappa shape index (κ2) is 14.9. The highest BCUT2D eigenvalue weighted by atomic mass is 16.6. The third kappa shape index (κ3) is 10.7. The van der Waals surface area contributed by atoms with Gasteiger partial charge in [-0.1, -0.05) is 69.2 Å². The Bertz CT molecular complexity index is 870. The fourth-order valence-corrected chi connectivity index (χ4v) is 4.88. The molecule has 1 saturated carbocycles. The van der Waals surface area contributed by atoms with Crippen LogP contribution in [0.2, 0.25) is 0 Å². The van der Waals surface area contributed by atoms with Gasteiger partial charge < -0.3 is 19.5 Å². The SMILES string of the molecule is C=CCOC(=O)CC(COCc1ccccc1)NC(=O)C1(CC(CCC)C(=O)OC(C)(C)C)CCCC1. The van der Waals surface area contributed by atoms with Gasteiger partial charge in [-0.2, -0.15) is 0 Å². The van der Waals surface area contributed by atoms with Crippen LogP contribution in [-0.2, 0) is 35.2 Å². The summed E-state index contributed by atoms with van der Waals surface area (Å²) in [5, 5.41) is 3.09. The lowest BCUT2D eigenvalue weighted by molar-refractivity contribution is -0.162. The molecule has 1 aliphatic carbocycles. The molecular formula is C30H45NO6. The van der Waals surface area contributed by atoms with Crippen LogP contribution in [0, 0.1) is 11.3 Å². The van der Waals surface area contributed by atoms with Crippen LogP contribution in [0.15, 0.2) is 43.0 Å². The van der Waals surface area contributed by atoms with Crippen molar-refractivity contribution in [3.05, 3.63) is 48.6 Å². The molecule has 0 aliphatic heterocycles. The van der Waals surface area contributed by atoms with E-state index in [1.54, 1.807) is 0 Å². The summed E-state index contributed by atoms with van der Waals surface area (Å²) in [5.41, 5.74) is -0.241. The minimum absolute atomic E-state index is 0.00506. The first-order valence-corrected chi connectivity index (χ1v) is 13.5. The lowest BCUT2D eigenvalue weighted by atomic mass is 9.75. The molecule has 2 atom stereocenters. The standard InChI is InChI=1S/C30H45NO6/c1-6-13-24(27(33)37-29(3,4)5)20-30(16-11-12-17-30)28(34)31-25(19-26(32)36-18-7-2)22-35-21-23-14-9-8-10-15-23/h7-10,14-15,24-25H,2,6,11-13,16-22H2,1,3-5H3,(H,31,34). The Kier molecular flexibility index (Phi) is 12.3. The van der Waals surface area contributed by atoms with Gasteiger partial charge in [-0.3, -0.25) is 14.4 Å². The summed E-state index contributed by atoms with van der Waals surface area (Å²) in [7, 11) is 0. The predicted molar refractivity (Wildman–Crippen MR) is 144 cm³/mol. The molecule has 1 N–H and O–H groups in total. The zero-order valence-electron chi connectivity index (χ0n) is 23.1. The molecule has 0 heterocycles. The number of carbonyl (C=O) groups excluding carboxylic acids is 3. The number of esters is 2. The average Bonchev–Trinajstić information content (AvgIpc) is 3.32. The Morgan fingerprint density at radius 1 is 1.14 bits per heavy atom. The Balaban J connectivity index is 2.13. The zero-order chi connectivity index (χ0) is 27.3. The highest BCUT2D eigenvalue weighted by Crippen LogP contribution is 2.45. The minimum Gasteiger partial charge on any atom is -0.461 e. The van der Waals surface area contributed by atoms with Gasteiger partial charge in [0.15, 0.2) is 0 Å². The second-order valence-electron chi connectivity index (χ2n) is 11.1. The molecular weight excluding hydrogens is 470 g/mol. The molecule has 1 amide bonds. The Morgan fingerprint density at radius 3 is 2.41 bits per heavy atom. The number of carbonyl (C=O) groups is 3. The van der Waals surface area contributed by atoms with Crippen molar-refractivity contribution in [2.24, 2.45) is 11.3 Å². The van der Waals surface area contributed by atoms with Crippen LogP contribution in [-0.4, -0.2) is 42.7 Å². The zero-order valence-corrected chi connectivity index (χ0v) is 23.1. The van der Waals surface area contributed by atoms with E-state index >= 15 is 0 Å². The number of amides is 1. The maximum atomic E-state index is 13.8. The van der Waals surface area contributed by atoms with E-state index in [0.29, 0.717) is 32.3 Å². The highest BCUT2D eigenvalue weighted by molar-refractivity contribution is 5.85. The topological polar surface area (TPSA) is 90.9 Å². The maximum absolute atomic E-state index is 13.8. The number of nitrogens with one attached hydrogen (secondary N) is 1. The van der Waals surface area contributed by atoms with E-state index in [0.717, 1.165) is 24.8 Å². The van der Waals surface area contributed by atoms with Crippen molar-refractivity contribution in [1.29, 1.82) is 0 Å². The monoisotopic (exact) mass is 515 g/mol. The molecule has 1 aliphatic rings. The normalized spacial score (nSPS) is 16.4. The van der Waals surface area contributed by atoms with E-state index in [4.69, 9.17) is 14.2 Å². The molecule has 0 bridgehead atoms. The molecule has 7 heteroatoms. The first-order chi connectivity index (χ1) is 17.6. The summed E-state index contributed by atoms with van der Waals surface area (Å²) in [5.74, 6) is -1.14. The Morgan fingerprint density at radius 2 is 1.81 bits per heavy atom. The van der Waals surface area contributed by atoms with E-state index in [2.05, 4.69) is 11.9 Å². The Labute approximate surface area is 222 Å². The Hall–Kier alpha value is -2.67. The van der Waals surface area contributed by atoms with Crippen molar-refractivity contribution in [3.8, 4) is 0 Å². The van der Waals surface area contributed by atoms with Crippen LogP contribution < -0.4 is 5.32 Å². The number of rotatable bonds is 15. The van der Waals surface area contributed by atoms with Gasteiger partial charge in [-0.25, -0.2) is 0 Å². The van der Waals surface area contributed by atoms with Crippen molar-refractivity contribution < 1.29 is 28.6 Å². The van der Waals surface area contributed by atoms with Crippen LogP contribution in [0.5, 0.6) is 0 Å². The fourth-order valence-electron chi connectivity index (χ4n) is 4.88. The van der Waals surface area contributed by atoms with Gasteiger partial charge in [0.1, 0.15) is 12.2 Å². The van der Waals surface area contributed by atoms with Gasteiger partial charge in [0.25, 0.3) is 0 Å². The summed E-state index contributed by atoms with van der Waals surface area (Å²) in [6, 6.07) is 9.19. The molecule has 2 rings (SSSR count). The first-order valence-electron chi connectivity index (χ1n) is 13.5. The van der Waals surface area contributed by atoms with Crippen LogP contribution >= 0.6 is 0 Å². The average molecular weight is 516 g/mol. The van der Waals surface area contributed by atoms with Gasteiger partial charge in [0.05, 0.1) is 37.0 Å². The van der Waals surface area contributed by atoms with E-state index in [-0.39, 0.29) is 37.4 Å². The smallest absolute Gasteiger partial charge is 0.309 e. The van der Waals surface area contributed by atoms with Crippen molar-refractivity contribution in [3.63, 3.8) is 0 Å². The molecule has 206 valence electrons. The first kappa shape index (κ1) is 30.6.